The topological polar surface area (TPSA) is 139 Å². The highest BCUT2D eigenvalue weighted by Crippen LogP contribution is 2.33. The molecule has 1 aliphatic carbocycles. The molecular weight excluding hydrogens is 546 g/mol. The fourth-order valence-corrected chi connectivity index (χ4v) is 5.85. The number of aliphatic hydroxyl groups excluding tert-OH is 2. The lowest BCUT2D eigenvalue weighted by Gasteiger charge is -2.16. The summed E-state index contributed by atoms with van der Waals surface area (Å²) in [5, 5.41) is 28.7. The summed E-state index contributed by atoms with van der Waals surface area (Å²) >= 11 is 0. The summed E-state index contributed by atoms with van der Waals surface area (Å²) in [6.07, 6.45) is 2.87. The summed E-state index contributed by atoms with van der Waals surface area (Å²) in [6.45, 7) is 5.69. The van der Waals surface area contributed by atoms with E-state index in [1.807, 2.05) is 0 Å². The van der Waals surface area contributed by atoms with E-state index in [0.717, 1.165) is 25.8 Å². The second kappa shape index (κ2) is 11.1. The SMILES string of the molecule is Cc1ccc(Cn2cc(CCNc3ncnc4c3ncn4C3O[C@H](C(=O)NC4CC4)[C@@H](O)[C@H]3O)c3ccccc32)cc1C. The normalized spacial score (nSPS) is 22.0. The molecule has 1 aliphatic heterocycles. The van der Waals surface area contributed by atoms with E-state index in [-0.39, 0.29) is 6.04 Å². The lowest BCUT2D eigenvalue weighted by molar-refractivity contribution is -0.137. The number of anilines is 1. The van der Waals surface area contributed by atoms with Gasteiger partial charge < -0.3 is 30.2 Å². The molecule has 1 unspecified atom stereocenters. The van der Waals surface area contributed by atoms with Gasteiger partial charge in [0.1, 0.15) is 18.5 Å². The molecule has 1 amide bonds. The fraction of sp³-hybridized carbons (Fsp3) is 0.375. The van der Waals surface area contributed by atoms with Crippen molar-refractivity contribution in [1.82, 2.24) is 29.4 Å². The molecule has 2 aromatic carbocycles. The monoisotopic (exact) mass is 581 g/mol. The van der Waals surface area contributed by atoms with Crippen LogP contribution >= 0.6 is 0 Å². The van der Waals surface area contributed by atoms with Crippen molar-refractivity contribution in [3.05, 3.63) is 83.6 Å². The lowest BCUT2D eigenvalue weighted by atomic mass is 10.1. The van der Waals surface area contributed by atoms with Crippen molar-refractivity contribution in [3.63, 3.8) is 0 Å². The molecule has 4 heterocycles. The molecule has 3 aromatic heterocycles. The molecule has 0 spiro atoms. The van der Waals surface area contributed by atoms with Gasteiger partial charge in [0.25, 0.3) is 5.91 Å². The number of imidazole rings is 1. The van der Waals surface area contributed by atoms with Crippen molar-refractivity contribution in [2.24, 2.45) is 0 Å². The van der Waals surface area contributed by atoms with Crippen LogP contribution in [0.1, 0.15) is 41.3 Å². The van der Waals surface area contributed by atoms with Crippen LogP contribution in [0, 0.1) is 13.8 Å². The number of nitrogens with one attached hydrogen (secondary N) is 2. The van der Waals surface area contributed by atoms with E-state index < -0.39 is 30.4 Å². The molecule has 1 saturated carbocycles. The number of hydrogen-bond donors (Lipinski definition) is 4. The molecule has 7 rings (SSSR count). The van der Waals surface area contributed by atoms with Gasteiger partial charge in [-0.1, -0.05) is 36.4 Å². The Bertz CT molecular complexity index is 1810. The molecule has 4 atom stereocenters. The van der Waals surface area contributed by atoms with Crippen molar-refractivity contribution >= 4 is 33.8 Å². The molecule has 11 heteroatoms. The standard InChI is InChI=1S/C32H35N7O4/c1-18-7-8-20(13-19(18)2)14-38-15-21(23-5-3-4-6-24(23)38)11-12-33-29-25-30(35-16-34-29)39(17-36-25)32-27(41)26(40)28(43-32)31(42)37-22-9-10-22/h3-8,13,15-17,22,26-28,32,40-41H,9-12,14H2,1-2H3,(H,37,42)(H,33,34,35)/t26-,27+,28-,32?/m0/s1. The maximum absolute atomic E-state index is 12.6. The number of nitrogens with zero attached hydrogens (tertiary/aromatic N) is 5. The van der Waals surface area contributed by atoms with Crippen molar-refractivity contribution < 1.29 is 19.7 Å². The number of carbonyl (C=O) groups is 1. The first-order valence-corrected chi connectivity index (χ1v) is 14.7. The molecule has 1 saturated heterocycles. The van der Waals surface area contributed by atoms with Gasteiger partial charge in [0, 0.05) is 36.2 Å². The summed E-state index contributed by atoms with van der Waals surface area (Å²) in [7, 11) is 0. The zero-order chi connectivity index (χ0) is 29.7. The molecule has 0 bridgehead atoms. The largest absolute Gasteiger partial charge is 0.387 e. The second-order valence-electron chi connectivity index (χ2n) is 11.7. The number of benzene rings is 2. The third kappa shape index (κ3) is 5.24. The van der Waals surface area contributed by atoms with Crippen molar-refractivity contribution in [2.75, 3.05) is 11.9 Å². The van der Waals surface area contributed by atoms with Crippen LogP contribution in [0.2, 0.25) is 0 Å². The Balaban J connectivity index is 1.07. The first-order chi connectivity index (χ1) is 20.9. The number of amides is 1. The van der Waals surface area contributed by atoms with E-state index in [0.29, 0.717) is 23.5 Å². The van der Waals surface area contributed by atoms with Gasteiger partial charge in [-0.05, 0) is 61.4 Å². The highest BCUT2D eigenvalue weighted by molar-refractivity contribution is 5.85. The zero-order valence-electron chi connectivity index (χ0n) is 24.1. The molecular formula is C32H35N7O4. The van der Waals surface area contributed by atoms with E-state index >= 15 is 0 Å². The summed E-state index contributed by atoms with van der Waals surface area (Å²) in [6, 6.07) is 15.2. The van der Waals surface area contributed by atoms with Gasteiger partial charge in [-0.2, -0.15) is 0 Å². The summed E-state index contributed by atoms with van der Waals surface area (Å²) in [4.78, 5) is 25.8. The maximum Gasteiger partial charge on any atom is 0.252 e. The van der Waals surface area contributed by atoms with Gasteiger partial charge >= 0.3 is 0 Å². The smallest absolute Gasteiger partial charge is 0.252 e. The zero-order valence-corrected chi connectivity index (χ0v) is 24.1. The molecule has 0 radical (unpaired) electrons. The Morgan fingerprint density at radius 2 is 1.88 bits per heavy atom. The number of ether oxygens (including phenoxy) is 1. The fourth-order valence-electron chi connectivity index (χ4n) is 5.85. The summed E-state index contributed by atoms with van der Waals surface area (Å²) < 4.78 is 9.68. The highest BCUT2D eigenvalue weighted by Gasteiger charge is 2.48. The minimum absolute atomic E-state index is 0.115. The summed E-state index contributed by atoms with van der Waals surface area (Å²) in [5.41, 5.74) is 7.22. The predicted octanol–water partition coefficient (Wildman–Crippen LogP) is 3.00. The van der Waals surface area contributed by atoms with E-state index in [4.69, 9.17) is 4.74 Å². The quantitative estimate of drug-likeness (QED) is 0.208. The van der Waals surface area contributed by atoms with Gasteiger partial charge in [0.2, 0.25) is 0 Å². The lowest BCUT2D eigenvalue weighted by Crippen LogP contribution is -2.43. The van der Waals surface area contributed by atoms with Crippen LogP contribution in [-0.2, 0) is 22.5 Å². The average Bonchev–Trinajstić information content (AvgIpc) is 3.49. The molecule has 5 aromatic rings. The van der Waals surface area contributed by atoms with Crippen LogP contribution in [0.15, 0.2) is 61.3 Å². The third-order valence-electron chi connectivity index (χ3n) is 8.54. The third-order valence-corrected chi connectivity index (χ3v) is 8.54. The van der Waals surface area contributed by atoms with Gasteiger partial charge in [-0.3, -0.25) is 9.36 Å². The molecule has 222 valence electrons. The van der Waals surface area contributed by atoms with Crippen LogP contribution in [-0.4, -0.2) is 71.1 Å². The number of rotatable bonds is 9. The molecule has 4 N–H and O–H groups in total. The average molecular weight is 582 g/mol. The van der Waals surface area contributed by atoms with Crippen molar-refractivity contribution in [1.29, 1.82) is 0 Å². The van der Waals surface area contributed by atoms with E-state index in [1.54, 1.807) is 4.57 Å². The number of aryl methyl sites for hydroxylation is 2. The van der Waals surface area contributed by atoms with Crippen LogP contribution in [0.5, 0.6) is 0 Å². The van der Waals surface area contributed by atoms with Crippen LogP contribution in [0.25, 0.3) is 22.1 Å². The first kappa shape index (κ1) is 27.5. The molecule has 43 heavy (non-hydrogen) atoms. The van der Waals surface area contributed by atoms with Crippen molar-refractivity contribution in [3.8, 4) is 0 Å². The van der Waals surface area contributed by atoms with Gasteiger partial charge in [-0.15, -0.1) is 0 Å². The predicted molar refractivity (Wildman–Crippen MR) is 162 cm³/mol. The number of para-hydroxylation sites is 1. The number of aliphatic hydroxyl groups is 2. The van der Waals surface area contributed by atoms with Crippen LogP contribution < -0.4 is 10.6 Å². The Morgan fingerprint density at radius 1 is 1.05 bits per heavy atom. The van der Waals surface area contributed by atoms with E-state index in [2.05, 4.69) is 92.7 Å². The van der Waals surface area contributed by atoms with E-state index in [9.17, 15) is 15.0 Å². The Hall–Kier alpha value is -4.32. The Labute approximate surface area is 248 Å². The highest BCUT2D eigenvalue weighted by atomic mass is 16.6. The minimum Gasteiger partial charge on any atom is -0.387 e. The molecule has 11 nitrogen and oxygen atoms in total. The van der Waals surface area contributed by atoms with Crippen molar-refractivity contribution in [2.45, 2.75) is 70.2 Å². The van der Waals surface area contributed by atoms with Crippen LogP contribution in [0.3, 0.4) is 0 Å². The Morgan fingerprint density at radius 3 is 2.70 bits per heavy atom. The van der Waals surface area contributed by atoms with E-state index in [1.165, 1.54) is 45.8 Å². The van der Waals surface area contributed by atoms with Crippen LogP contribution in [0.4, 0.5) is 5.82 Å². The molecule has 2 fully saturated rings. The van der Waals surface area contributed by atoms with Gasteiger partial charge in [0.05, 0.1) is 6.33 Å². The maximum atomic E-state index is 12.6. The minimum atomic E-state index is -1.36. The second-order valence-corrected chi connectivity index (χ2v) is 11.7. The molecule has 2 aliphatic rings. The first-order valence-electron chi connectivity index (χ1n) is 14.7. The number of carbonyl (C=O) groups excluding carboxylic acids is 1. The Kier molecular flexibility index (Phi) is 7.08. The van der Waals surface area contributed by atoms with Gasteiger partial charge in [-0.25, -0.2) is 15.0 Å². The summed E-state index contributed by atoms with van der Waals surface area (Å²) in [5.74, 6) is 0.131. The number of aromatic nitrogens is 5. The van der Waals surface area contributed by atoms with Gasteiger partial charge in [0.15, 0.2) is 29.3 Å². The number of hydrogen-bond acceptors (Lipinski definition) is 8. The number of fused-ring (bicyclic) bond motifs is 2.